The highest BCUT2D eigenvalue weighted by Crippen LogP contribution is 2.37. The monoisotopic (exact) mass is 301 g/mol. The van der Waals surface area contributed by atoms with Gasteiger partial charge in [0.25, 0.3) is 0 Å². The minimum atomic E-state index is 0.620. The summed E-state index contributed by atoms with van der Waals surface area (Å²) in [5.41, 5.74) is 10.3. The van der Waals surface area contributed by atoms with Crippen LogP contribution in [0, 0.1) is 13.8 Å². The van der Waals surface area contributed by atoms with Crippen LogP contribution in [0.4, 0.5) is 0 Å². The number of rotatable bonds is 4. The number of para-hydroxylation sites is 1. The third-order valence-corrected chi connectivity index (χ3v) is 4.64. The van der Waals surface area contributed by atoms with E-state index in [1.165, 1.54) is 10.6 Å². The molecule has 0 saturated carbocycles. The van der Waals surface area contributed by atoms with E-state index in [4.69, 9.17) is 10.5 Å². The van der Waals surface area contributed by atoms with Gasteiger partial charge in [0, 0.05) is 22.6 Å². The molecular weight excluding hydrogens is 282 g/mol. The number of aromatic nitrogens is 2. The normalized spacial score (nSPS) is 11.2. The van der Waals surface area contributed by atoms with E-state index in [9.17, 15) is 0 Å². The molecule has 3 rings (SSSR count). The Balaban J connectivity index is 2.33. The third-order valence-electron chi connectivity index (χ3n) is 3.69. The van der Waals surface area contributed by atoms with Crippen molar-refractivity contribution >= 4 is 16.3 Å². The van der Waals surface area contributed by atoms with Gasteiger partial charge in [0.1, 0.15) is 5.75 Å². The molecule has 5 heteroatoms. The number of nitrogens with two attached hydrogens (primary N) is 1. The van der Waals surface area contributed by atoms with Crippen molar-refractivity contribution in [1.29, 1.82) is 0 Å². The fraction of sp³-hybridized carbons (Fsp3) is 0.312. The number of hydrogen-bond donors (Lipinski definition) is 1. The summed E-state index contributed by atoms with van der Waals surface area (Å²) in [4.78, 5) is 6.94. The van der Waals surface area contributed by atoms with Gasteiger partial charge < -0.3 is 10.5 Å². The van der Waals surface area contributed by atoms with Crippen molar-refractivity contribution in [3.63, 3.8) is 0 Å². The highest BCUT2D eigenvalue weighted by molar-refractivity contribution is 7.17. The maximum atomic E-state index is 5.77. The van der Waals surface area contributed by atoms with Crippen LogP contribution in [0.2, 0.25) is 0 Å². The van der Waals surface area contributed by atoms with Gasteiger partial charge in [-0.25, -0.2) is 4.98 Å². The fourth-order valence-corrected chi connectivity index (χ4v) is 3.80. The largest absolute Gasteiger partial charge is 0.496 e. The maximum Gasteiger partial charge on any atom is 0.194 e. The van der Waals surface area contributed by atoms with E-state index in [2.05, 4.69) is 22.4 Å². The fourth-order valence-electron chi connectivity index (χ4n) is 2.76. The molecule has 0 aliphatic rings. The van der Waals surface area contributed by atoms with Gasteiger partial charge >= 0.3 is 0 Å². The number of methoxy groups -OCH3 is 1. The summed E-state index contributed by atoms with van der Waals surface area (Å²) >= 11 is 1.71. The zero-order chi connectivity index (χ0) is 15.0. The van der Waals surface area contributed by atoms with E-state index >= 15 is 0 Å². The lowest BCUT2D eigenvalue weighted by Gasteiger charge is -2.10. The molecule has 0 bridgehead atoms. The summed E-state index contributed by atoms with van der Waals surface area (Å²) in [5.74, 6) is 0.880. The van der Waals surface area contributed by atoms with E-state index in [1.54, 1.807) is 18.4 Å². The molecule has 0 fully saturated rings. The second-order valence-corrected chi connectivity index (χ2v) is 6.19. The smallest absolute Gasteiger partial charge is 0.194 e. The molecule has 0 aliphatic heterocycles. The average Bonchev–Trinajstić information content (AvgIpc) is 2.94. The first-order valence-corrected chi connectivity index (χ1v) is 7.79. The molecule has 2 N–H and O–H groups in total. The Morgan fingerprint density at radius 3 is 2.76 bits per heavy atom. The Labute approximate surface area is 128 Å². The molecule has 0 atom stereocenters. The minimum absolute atomic E-state index is 0.620. The van der Waals surface area contributed by atoms with E-state index < -0.39 is 0 Å². The Hall–Kier alpha value is -1.85. The van der Waals surface area contributed by atoms with Crippen LogP contribution >= 0.6 is 11.3 Å². The van der Waals surface area contributed by atoms with E-state index in [0.29, 0.717) is 6.54 Å². The molecule has 0 unspecified atom stereocenters. The molecule has 0 spiro atoms. The molecule has 1 aromatic carbocycles. The van der Waals surface area contributed by atoms with Crippen LogP contribution in [0.3, 0.4) is 0 Å². The zero-order valence-electron chi connectivity index (χ0n) is 12.5. The van der Waals surface area contributed by atoms with Gasteiger partial charge in [-0.2, -0.15) is 0 Å². The number of hydrogen-bond acceptors (Lipinski definition) is 4. The molecule has 2 heterocycles. The zero-order valence-corrected chi connectivity index (χ0v) is 13.3. The maximum absolute atomic E-state index is 5.77. The van der Waals surface area contributed by atoms with Crippen LogP contribution in [-0.2, 0) is 6.42 Å². The van der Waals surface area contributed by atoms with Crippen LogP contribution in [0.15, 0.2) is 24.3 Å². The standard InChI is InChI=1S/C16H19N3OS/c1-10-13(8-9-17)19-15(11(2)21-16(19)18-10)12-6-4-5-7-14(12)20-3/h4-7H,8-9,17H2,1-3H3. The minimum Gasteiger partial charge on any atom is -0.496 e. The lowest BCUT2D eigenvalue weighted by Crippen LogP contribution is -2.07. The Morgan fingerprint density at radius 1 is 1.29 bits per heavy atom. The first kappa shape index (κ1) is 14.1. The first-order valence-electron chi connectivity index (χ1n) is 6.98. The SMILES string of the molecule is COc1ccccc1-c1c(C)sc2nc(C)c(CCN)n12. The van der Waals surface area contributed by atoms with Crippen molar-refractivity contribution in [1.82, 2.24) is 9.38 Å². The summed E-state index contributed by atoms with van der Waals surface area (Å²) in [6.45, 7) is 4.80. The predicted molar refractivity (Wildman–Crippen MR) is 87.3 cm³/mol. The number of imidazole rings is 1. The summed E-state index contributed by atoms with van der Waals surface area (Å²) in [5, 5.41) is 0. The van der Waals surface area contributed by atoms with Gasteiger partial charge in [0.05, 0.1) is 18.5 Å². The van der Waals surface area contributed by atoms with Crippen LogP contribution < -0.4 is 10.5 Å². The van der Waals surface area contributed by atoms with Crippen molar-refractivity contribution in [2.24, 2.45) is 5.73 Å². The van der Waals surface area contributed by atoms with Crippen molar-refractivity contribution in [3.8, 4) is 17.0 Å². The lowest BCUT2D eigenvalue weighted by molar-refractivity contribution is 0.416. The molecule has 3 aromatic rings. The van der Waals surface area contributed by atoms with Crippen molar-refractivity contribution in [2.45, 2.75) is 20.3 Å². The third kappa shape index (κ3) is 2.22. The number of nitrogens with zero attached hydrogens (tertiary/aromatic N) is 2. The molecule has 0 aliphatic carbocycles. The molecule has 21 heavy (non-hydrogen) atoms. The van der Waals surface area contributed by atoms with Crippen LogP contribution in [0.25, 0.3) is 16.2 Å². The summed E-state index contributed by atoms with van der Waals surface area (Å²) in [6.07, 6.45) is 0.825. The Morgan fingerprint density at radius 2 is 2.05 bits per heavy atom. The molecule has 2 aromatic heterocycles. The first-order chi connectivity index (χ1) is 10.2. The van der Waals surface area contributed by atoms with Gasteiger partial charge in [0.15, 0.2) is 4.96 Å². The molecule has 110 valence electrons. The quantitative estimate of drug-likeness (QED) is 0.805. The second kappa shape index (κ2) is 5.50. The lowest BCUT2D eigenvalue weighted by atomic mass is 10.1. The molecule has 0 saturated heterocycles. The number of fused-ring (bicyclic) bond motifs is 1. The molecule has 0 radical (unpaired) electrons. The van der Waals surface area contributed by atoms with Crippen molar-refractivity contribution in [3.05, 3.63) is 40.5 Å². The summed E-state index contributed by atoms with van der Waals surface area (Å²) < 4.78 is 7.76. The van der Waals surface area contributed by atoms with Gasteiger partial charge in [-0.05, 0) is 32.5 Å². The van der Waals surface area contributed by atoms with Gasteiger partial charge in [-0.3, -0.25) is 4.40 Å². The number of aryl methyl sites for hydroxylation is 2. The van der Waals surface area contributed by atoms with Crippen molar-refractivity contribution in [2.75, 3.05) is 13.7 Å². The number of benzene rings is 1. The van der Waals surface area contributed by atoms with Crippen LogP contribution in [0.5, 0.6) is 5.75 Å². The van der Waals surface area contributed by atoms with E-state index in [-0.39, 0.29) is 0 Å². The van der Waals surface area contributed by atoms with E-state index in [0.717, 1.165) is 34.1 Å². The van der Waals surface area contributed by atoms with Gasteiger partial charge in [-0.15, -0.1) is 11.3 Å². The highest BCUT2D eigenvalue weighted by atomic mass is 32.1. The molecular formula is C16H19N3OS. The van der Waals surface area contributed by atoms with Gasteiger partial charge in [0.2, 0.25) is 0 Å². The average molecular weight is 301 g/mol. The Kier molecular flexibility index (Phi) is 3.69. The van der Waals surface area contributed by atoms with E-state index in [1.807, 2.05) is 25.1 Å². The predicted octanol–water partition coefficient (Wildman–Crippen LogP) is 3.19. The molecule has 4 nitrogen and oxygen atoms in total. The number of thiazole rings is 1. The Bertz CT molecular complexity index is 788. The second-order valence-electron chi connectivity index (χ2n) is 5.01. The topological polar surface area (TPSA) is 52.5 Å². The van der Waals surface area contributed by atoms with Crippen molar-refractivity contribution < 1.29 is 4.74 Å². The number of ether oxygens (including phenoxy) is 1. The summed E-state index contributed by atoms with van der Waals surface area (Å²) in [6, 6.07) is 8.11. The van der Waals surface area contributed by atoms with Crippen LogP contribution in [-0.4, -0.2) is 23.0 Å². The summed E-state index contributed by atoms with van der Waals surface area (Å²) in [7, 11) is 1.71. The highest BCUT2D eigenvalue weighted by Gasteiger charge is 2.19. The van der Waals surface area contributed by atoms with Crippen LogP contribution in [0.1, 0.15) is 16.3 Å². The molecule has 0 amide bonds. The van der Waals surface area contributed by atoms with Gasteiger partial charge in [-0.1, -0.05) is 12.1 Å².